The van der Waals surface area contributed by atoms with E-state index in [1.165, 1.54) is 4.90 Å². The number of carboxylic acid groups (broad SMARTS) is 1. The maximum atomic E-state index is 12.2. The third-order valence-electron chi connectivity index (χ3n) is 3.69. The Labute approximate surface area is 134 Å². The molecule has 1 saturated heterocycles. The van der Waals surface area contributed by atoms with Crippen molar-refractivity contribution in [3.8, 4) is 5.75 Å². The Balaban J connectivity index is 1.96. The van der Waals surface area contributed by atoms with E-state index < -0.39 is 23.8 Å². The van der Waals surface area contributed by atoms with Crippen LogP contribution < -0.4 is 10.1 Å². The lowest BCUT2D eigenvalue weighted by atomic mass is 10.2. The molecule has 1 heterocycles. The number of amides is 2. The second-order valence-corrected chi connectivity index (χ2v) is 5.20. The third kappa shape index (κ3) is 4.00. The van der Waals surface area contributed by atoms with Crippen LogP contribution in [0.2, 0.25) is 0 Å². The molecule has 0 radical (unpaired) electrons. The quantitative estimate of drug-likeness (QED) is 0.811. The van der Waals surface area contributed by atoms with E-state index in [1.807, 2.05) is 6.92 Å². The summed E-state index contributed by atoms with van der Waals surface area (Å²) in [6.07, 6.45) is 1.10. The molecule has 1 aromatic carbocycles. The molecule has 0 bridgehead atoms. The number of benzene rings is 1. The first-order valence-corrected chi connectivity index (χ1v) is 7.57. The minimum Gasteiger partial charge on any atom is -0.493 e. The first-order valence-electron chi connectivity index (χ1n) is 7.57. The van der Waals surface area contributed by atoms with Gasteiger partial charge in [0.1, 0.15) is 11.8 Å². The molecule has 1 fully saturated rings. The average Bonchev–Trinajstić information content (AvgIpc) is 3.03. The first-order chi connectivity index (χ1) is 11.0. The monoisotopic (exact) mass is 320 g/mol. The van der Waals surface area contributed by atoms with Gasteiger partial charge < -0.3 is 20.1 Å². The van der Waals surface area contributed by atoms with Crippen molar-refractivity contribution in [2.24, 2.45) is 0 Å². The maximum absolute atomic E-state index is 12.2. The van der Waals surface area contributed by atoms with Crippen molar-refractivity contribution in [1.82, 2.24) is 10.2 Å². The zero-order valence-electron chi connectivity index (χ0n) is 12.9. The highest BCUT2D eigenvalue weighted by atomic mass is 16.5. The Hall–Kier alpha value is -2.57. The summed E-state index contributed by atoms with van der Waals surface area (Å²) in [5, 5.41) is 11.6. The molecular weight excluding hydrogens is 300 g/mol. The van der Waals surface area contributed by atoms with Crippen LogP contribution in [0.15, 0.2) is 24.3 Å². The predicted molar refractivity (Wildman–Crippen MR) is 82.3 cm³/mol. The van der Waals surface area contributed by atoms with E-state index in [9.17, 15) is 14.4 Å². The number of carbonyl (C=O) groups is 3. The van der Waals surface area contributed by atoms with Crippen molar-refractivity contribution in [1.29, 1.82) is 0 Å². The lowest BCUT2D eigenvalue weighted by Gasteiger charge is -2.21. The molecule has 2 rings (SSSR count). The molecule has 2 amide bonds. The van der Waals surface area contributed by atoms with E-state index in [2.05, 4.69) is 5.32 Å². The van der Waals surface area contributed by atoms with Gasteiger partial charge in [0.05, 0.1) is 18.7 Å². The average molecular weight is 320 g/mol. The van der Waals surface area contributed by atoms with Crippen molar-refractivity contribution in [3.05, 3.63) is 29.8 Å². The Kier molecular flexibility index (Phi) is 5.56. The lowest BCUT2D eigenvalue weighted by Crippen LogP contribution is -2.45. The zero-order valence-corrected chi connectivity index (χ0v) is 12.9. The standard InChI is InChI=1S/C16H20N2O5/c1-2-23-13-8-4-3-6-11(13)15(20)17-10-14(19)18-9-5-7-12(18)16(21)22/h3-4,6,8,12H,2,5,7,9-10H2,1H3,(H,17,20)(H,21,22). The Morgan fingerprint density at radius 1 is 1.35 bits per heavy atom. The molecule has 0 aromatic heterocycles. The maximum Gasteiger partial charge on any atom is 0.326 e. The number of likely N-dealkylation sites (tertiary alicyclic amines) is 1. The summed E-state index contributed by atoms with van der Waals surface area (Å²) in [6, 6.07) is 5.96. The molecule has 1 aliphatic heterocycles. The third-order valence-corrected chi connectivity index (χ3v) is 3.69. The van der Waals surface area contributed by atoms with Crippen molar-refractivity contribution in [2.45, 2.75) is 25.8 Å². The van der Waals surface area contributed by atoms with E-state index >= 15 is 0 Å². The number of rotatable bonds is 6. The van der Waals surface area contributed by atoms with Gasteiger partial charge >= 0.3 is 5.97 Å². The topological polar surface area (TPSA) is 95.9 Å². The van der Waals surface area contributed by atoms with Gasteiger partial charge in [-0.1, -0.05) is 12.1 Å². The summed E-state index contributed by atoms with van der Waals surface area (Å²) < 4.78 is 5.38. The first kappa shape index (κ1) is 16.8. The molecule has 2 N–H and O–H groups in total. The number of aliphatic carboxylic acids is 1. The largest absolute Gasteiger partial charge is 0.493 e. The number of ether oxygens (including phenoxy) is 1. The van der Waals surface area contributed by atoms with Crippen molar-refractivity contribution in [2.75, 3.05) is 19.7 Å². The van der Waals surface area contributed by atoms with E-state index in [1.54, 1.807) is 24.3 Å². The fourth-order valence-electron chi connectivity index (χ4n) is 2.61. The molecule has 1 aromatic rings. The van der Waals surface area contributed by atoms with E-state index in [0.717, 1.165) is 0 Å². The Morgan fingerprint density at radius 2 is 2.09 bits per heavy atom. The van der Waals surface area contributed by atoms with Gasteiger partial charge in [-0.3, -0.25) is 9.59 Å². The summed E-state index contributed by atoms with van der Waals surface area (Å²) in [5.74, 6) is -1.38. The normalized spacial score (nSPS) is 16.9. The van der Waals surface area contributed by atoms with Crippen LogP contribution in [0.4, 0.5) is 0 Å². The molecule has 124 valence electrons. The number of nitrogens with zero attached hydrogens (tertiary/aromatic N) is 1. The van der Waals surface area contributed by atoms with Gasteiger partial charge in [0.25, 0.3) is 5.91 Å². The number of carbonyl (C=O) groups excluding carboxylic acids is 2. The second-order valence-electron chi connectivity index (χ2n) is 5.20. The minimum absolute atomic E-state index is 0.233. The summed E-state index contributed by atoms with van der Waals surface area (Å²) in [5.41, 5.74) is 0.346. The fraction of sp³-hybridized carbons (Fsp3) is 0.438. The van der Waals surface area contributed by atoms with E-state index in [-0.39, 0.29) is 6.54 Å². The van der Waals surface area contributed by atoms with Crippen molar-refractivity contribution < 1.29 is 24.2 Å². The number of para-hydroxylation sites is 1. The van der Waals surface area contributed by atoms with Crippen LogP contribution in [0.1, 0.15) is 30.1 Å². The molecule has 1 unspecified atom stereocenters. The predicted octanol–water partition coefficient (Wildman–Crippen LogP) is 0.891. The highest BCUT2D eigenvalue weighted by molar-refractivity contribution is 5.99. The van der Waals surface area contributed by atoms with Crippen LogP contribution in [0, 0.1) is 0 Å². The van der Waals surface area contributed by atoms with Gasteiger partial charge in [-0.15, -0.1) is 0 Å². The smallest absolute Gasteiger partial charge is 0.326 e. The van der Waals surface area contributed by atoms with Gasteiger partial charge in [0.15, 0.2) is 0 Å². The van der Waals surface area contributed by atoms with Crippen LogP contribution in [0.5, 0.6) is 5.75 Å². The van der Waals surface area contributed by atoms with Crippen LogP contribution in [0.3, 0.4) is 0 Å². The molecule has 0 saturated carbocycles. The zero-order chi connectivity index (χ0) is 16.8. The summed E-state index contributed by atoms with van der Waals surface area (Å²) in [4.78, 5) is 36.7. The molecule has 1 aliphatic rings. The number of hydrogen-bond acceptors (Lipinski definition) is 4. The molecular formula is C16H20N2O5. The number of nitrogens with one attached hydrogen (secondary N) is 1. The van der Waals surface area contributed by atoms with Gasteiger partial charge in [-0.25, -0.2) is 4.79 Å². The molecule has 23 heavy (non-hydrogen) atoms. The van der Waals surface area contributed by atoms with Gasteiger partial charge in [-0.05, 0) is 31.9 Å². The van der Waals surface area contributed by atoms with Crippen molar-refractivity contribution >= 4 is 17.8 Å². The van der Waals surface area contributed by atoms with Crippen molar-refractivity contribution in [3.63, 3.8) is 0 Å². The molecule has 0 aliphatic carbocycles. The summed E-state index contributed by atoms with van der Waals surface area (Å²) in [7, 11) is 0. The highest BCUT2D eigenvalue weighted by Crippen LogP contribution is 2.19. The minimum atomic E-state index is -1.01. The van der Waals surface area contributed by atoms with Gasteiger partial charge in [0, 0.05) is 6.54 Å². The lowest BCUT2D eigenvalue weighted by molar-refractivity contribution is -0.147. The highest BCUT2D eigenvalue weighted by Gasteiger charge is 2.33. The second kappa shape index (κ2) is 7.62. The molecule has 7 nitrogen and oxygen atoms in total. The molecule has 0 spiro atoms. The number of carboxylic acids is 1. The SMILES string of the molecule is CCOc1ccccc1C(=O)NCC(=O)N1CCCC1C(=O)O. The van der Waals surface area contributed by atoms with Crippen LogP contribution in [-0.4, -0.2) is 53.5 Å². The van der Waals surface area contributed by atoms with Crippen LogP contribution in [0.25, 0.3) is 0 Å². The number of hydrogen-bond donors (Lipinski definition) is 2. The van der Waals surface area contributed by atoms with Crippen LogP contribution in [-0.2, 0) is 9.59 Å². The van der Waals surface area contributed by atoms with E-state index in [0.29, 0.717) is 37.3 Å². The molecule has 1 atom stereocenters. The van der Waals surface area contributed by atoms with Gasteiger partial charge in [0.2, 0.25) is 5.91 Å². The van der Waals surface area contributed by atoms with Crippen LogP contribution >= 0.6 is 0 Å². The summed E-state index contributed by atoms with van der Waals surface area (Å²) >= 11 is 0. The molecule has 7 heteroatoms. The summed E-state index contributed by atoms with van der Waals surface area (Å²) in [6.45, 7) is 2.42. The Morgan fingerprint density at radius 3 is 2.78 bits per heavy atom. The van der Waals surface area contributed by atoms with Gasteiger partial charge in [-0.2, -0.15) is 0 Å². The fourth-order valence-corrected chi connectivity index (χ4v) is 2.61. The van der Waals surface area contributed by atoms with E-state index in [4.69, 9.17) is 9.84 Å². The Bertz CT molecular complexity index is 602.